The Kier molecular flexibility index (Phi) is 30.6. The number of rotatable bonds is 14. The van der Waals surface area contributed by atoms with Crippen molar-refractivity contribution >= 4 is 0 Å². The van der Waals surface area contributed by atoms with Crippen molar-refractivity contribution in [1.29, 1.82) is 0 Å². The van der Waals surface area contributed by atoms with Crippen LogP contribution in [0.1, 0.15) is 92.9 Å². The van der Waals surface area contributed by atoms with Crippen molar-refractivity contribution in [2.24, 2.45) is 11.8 Å². The quantitative estimate of drug-likeness (QED) is 0.193. The third kappa shape index (κ3) is 27.1. The fraction of sp³-hybridized carbons (Fsp3) is 0.760. The molecule has 0 aromatic carbocycles. The van der Waals surface area contributed by atoms with E-state index in [0.29, 0.717) is 6.61 Å². The van der Waals surface area contributed by atoms with Gasteiger partial charge in [0.2, 0.25) is 0 Å². The lowest BCUT2D eigenvalue weighted by molar-refractivity contribution is 0.174. The molecule has 0 aliphatic carbocycles. The standard InChI is InChI=1S/C14H29N.C9H14O.C2H6/c1-5-7-9-10-13(3)12-14(4)15-11-8-6-2;1-4-6-7-9(5-2)8-10-3;1-2/h13,15H,4-12H2,1-3H3;2,4,6,9H,7-8H2,1,3H3;1-2H3/b;6-4-;. The van der Waals surface area contributed by atoms with Crippen LogP contribution in [-0.2, 0) is 4.74 Å². The Balaban J connectivity index is -0.000000417. The van der Waals surface area contributed by atoms with Crippen molar-refractivity contribution in [3.8, 4) is 12.3 Å². The second-order valence-corrected chi connectivity index (χ2v) is 6.81. The SMILES string of the molecule is C#CC(C/C=C\C)COC.C=C(CC(C)CCCCC)NCCCC.CC. The molecule has 0 amide bonds. The first-order valence-electron chi connectivity index (χ1n) is 11.0. The zero-order chi connectivity index (χ0) is 21.3. The van der Waals surface area contributed by atoms with Crippen molar-refractivity contribution in [2.75, 3.05) is 20.3 Å². The van der Waals surface area contributed by atoms with Gasteiger partial charge in [0.05, 0.1) is 6.61 Å². The van der Waals surface area contributed by atoms with E-state index in [1.165, 1.54) is 44.2 Å². The second-order valence-electron chi connectivity index (χ2n) is 6.81. The highest BCUT2D eigenvalue weighted by atomic mass is 16.5. The van der Waals surface area contributed by atoms with Gasteiger partial charge in [0.25, 0.3) is 0 Å². The van der Waals surface area contributed by atoms with E-state index >= 15 is 0 Å². The maximum atomic E-state index is 5.24. The van der Waals surface area contributed by atoms with Crippen LogP contribution in [0.5, 0.6) is 0 Å². The normalized spacial score (nSPS) is 12.1. The van der Waals surface area contributed by atoms with Crippen molar-refractivity contribution < 1.29 is 4.74 Å². The molecule has 0 heterocycles. The largest absolute Gasteiger partial charge is 0.389 e. The van der Waals surface area contributed by atoms with E-state index in [2.05, 4.69) is 44.7 Å². The minimum absolute atomic E-state index is 0.237. The van der Waals surface area contributed by atoms with Gasteiger partial charge in [-0.25, -0.2) is 0 Å². The van der Waals surface area contributed by atoms with Gasteiger partial charge in [-0.3, -0.25) is 0 Å². The zero-order valence-electron chi connectivity index (χ0n) is 19.6. The van der Waals surface area contributed by atoms with Gasteiger partial charge in [-0.2, -0.15) is 0 Å². The van der Waals surface area contributed by atoms with Gasteiger partial charge in [0, 0.05) is 25.3 Å². The van der Waals surface area contributed by atoms with Gasteiger partial charge in [-0.05, 0) is 32.1 Å². The van der Waals surface area contributed by atoms with E-state index in [1.54, 1.807) is 7.11 Å². The monoisotopic (exact) mass is 379 g/mol. The van der Waals surface area contributed by atoms with Crippen molar-refractivity contribution in [3.05, 3.63) is 24.4 Å². The van der Waals surface area contributed by atoms with Crippen molar-refractivity contribution in [3.63, 3.8) is 0 Å². The minimum Gasteiger partial charge on any atom is -0.389 e. The Morgan fingerprint density at radius 3 is 2.30 bits per heavy atom. The number of hydrogen-bond acceptors (Lipinski definition) is 2. The summed E-state index contributed by atoms with van der Waals surface area (Å²) in [6, 6.07) is 0. The Morgan fingerprint density at radius 2 is 1.81 bits per heavy atom. The minimum atomic E-state index is 0.237. The van der Waals surface area contributed by atoms with E-state index in [1.807, 2.05) is 26.8 Å². The molecule has 0 aromatic rings. The third-order valence-corrected chi connectivity index (χ3v) is 4.06. The third-order valence-electron chi connectivity index (χ3n) is 4.06. The number of unbranched alkanes of at least 4 members (excludes halogenated alkanes) is 3. The molecule has 2 unspecified atom stereocenters. The summed E-state index contributed by atoms with van der Waals surface area (Å²) in [5.41, 5.74) is 1.23. The first-order chi connectivity index (χ1) is 13.0. The molecular weight excluding hydrogens is 330 g/mol. The summed E-state index contributed by atoms with van der Waals surface area (Å²) in [7, 11) is 1.67. The van der Waals surface area contributed by atoms with Crippen LogP contribution in [0.15, 0.2) is 24.4 Å². The molecule has 2 nitrogen and oxygen atoms in total. The molecule has 0 bridgehead atoms. The molecule has 0 spiro atoms. The van der Waals surface area contributed by atoms with Crippen LogP contribution >= 0.6 is 0 Å². The van der Waals surface area contributed by atoms with Crippen molar-refractivity contribution in [2.45, 2.75) is 92.9 Å². The van der Waals surface area contributed by atoms with Gasteiger partial charge in [0.15, 0.2) is 0 Å². The molecule has 0 fully saturated rings. The van der Waals surface area contributed by atoms with E-state index in [-0.39, 0.29) is 5.92 Å². The van der Waals surface area contributed by atoms with Gasteiger partial charge in [-0.15, -0.1) is 12.3 Å². The topological polar surface area (TPSA) is 21.3 Å². The van der Waals surface area contributed by atoms with Gasteiger partial charge in [0.1, 0.15) is 0 Å². The van der Waals surface area contributed by atoms with E-state index in [4.69, 9.17) is 11.2 Å². The smallest absolute Gasteiger partial charge is 0.0603 e. The van der Waals surface area contributed by atoms with Crippen LogP contribution in [0.2, 0.25) is 0 Å². The second kappa shape index (κ2) is 27.0. The number of hydrogen-bond donors (Lipinski definition) is 1. The maximum absolute atomic E-state index is 5.24. The molecule has 0 radical (unpaired) electrons. The Hall–Kier alpha value is -1.20. The highest BCUT2D eigenvalue weighted by Gasteiger charge is 2.03. The molecule has 0 rings (SSSR count). The summed E-state index contributed by atoms with van der Waals surface area (Å²) >= 11 is 0. The Bertz CT molecular complexity index is 354. The lowest BCUT2D eigenvalue weighted by atomic mass is 9.98. The van der Waals surface area contributed by atoms with Crippen molar-refractivity contribution in [1.82, 2.24) is 5.32 Å². The average molecular weight is 380 g/mol. The van der Waals surface area contributed by atoms with Gasteiger partial charge >= 0.3 is 0 Å². The molecule has 0 aliphatic heterocycles. The van der Waals surface area contributed by atoms with Crippen LogP contribution in [0.25, 0.3) is 0 Å². The Labute approximate surface area is 172 Å². The van der Waals surface area contributed by atoms with E-state index in [9.17, 15) is 0 Å². The fourth-order valence-electron chi connectivity index (χ4n) is 2.47. The highest BCUT2D eigenvalue weighted by molar-refractivity contribution is 4.97. The van der Waals surface area contributed by atoms with Crippen LogP contribution < -0.4 is 5.32 Å². The maximum Gasteiger partial charge on any atom is 0.0603 e. The number of allylic oxidation sites excluding steroid dienone is 3. The molecular formula is C25H49NO. The van der Waals surface area contributed by atoms with Crippen LogP contribution in [-0.4, -0.2) is 20.3 Å². The summed E-state index contributed by atoms with van der Waals surface area (Å²) in [5.74, 6) is 3.69. The average Bonchev–Trinajstić information content (AvgIpc) is 2.67. The summed E-state index contributed by atoms with van der Waals surface area (Å²) in [6.45, 7) is 18.6. The molecule has 160 valence electrons. The molecule has 0 saturated carbocycles. The number of terminal acetylenes is 1. The molecule has 1 N–H and O–H groups in total. The van der Waals surface area contributed by atoms with Crippen LogP contribution in [0.3, 0.4) is 0 Å². The molecule has 0 saturated heterocycles. The molecule has 0 aromatic heterocycles. The fourth-order valence-corrected chi connectivity index (χ4v) is 2.47. The number of nitrogens with one attached hydrogen (secondary N) is 1. The molecule has 0 aliphatic rings. The van der Waals surface area contributed by atoms with E-state index < -0.39 is 0 Å². The lowest BCUT2D eigenvalue weighted by Gasteiger charge is -2.14. The summed E-state index contributed by atoms with van der Waals surface area (Å²) in [4.78, 5) is 0. The summed E-state index contributed by atoms with van der Waals surface area (Å²) in [6.07, 6.45) is 19.3. The first kappa shape index (κ1) is 30.5. The predicted molar refractivity (Wildman–Crippen MR) is 125 cm³/mol. The summed E-state index contributed by atoms with van der Waals surface area (Å²) < 4.78 is 4.92. The number of ether oxygens (including phenoxy) is 1. The van der Waals surface area contributed by atoms with Crippen LogP contribution in [0, 0.1) is 24.2 Å². The molecule has 2 atom stereocenters. The predicted octanol–water partition coefficient (Wildman–Crippen LogP) is 7.37. The highest BCUT2D eigenvalue weighted by Crippen LogP contribution is 2.15. The summed E-state index contributed by atoms with van der Waals surface area (Å²) in [5, 5.41) is 3.41. The first-order valence-corrected chi connectivity index (χ1v) is 11.0. The zero-order valence-corrected chi connectivity index (χ0v) is 19.6. The number of methoxy groups -OCH3 is 1. The van der Waals surface area contributed by atoms with Gasteiger partial charge < -0.3 is 10.1 Å². The van der Waals surface area contributed by atoms with Gasteiger partial charge in [-0.1, -0.05) is 85.5 Å². The Morgan fingerprint density at radius 1 is 1.19 bits per heavy atom. The lowest BCUT2D eigenvalue weighted by Crippen LogP contribution is -2.15. The molecule has 27 heavy (non-hydrogen) atoms. The van der Waals surface area contributed by atoms with E-state index in [0.717, 1.165) is 25.3 Å². The molecule has 2 heteroatoms. The van der Waals surface area contributed by atoms with Crippen LogP contribution in [0.4, 0.5) is 0 Å².